The van der Waals surface area contributed by atoms with Gasteiger partial charge in [0.25, 0.3) is 0 Å². The average Bonchev–Trinajstić information content (AvgIpc) is 2.28. The highest BCUT2D eigenvalue weighted by Gasteiger charge is 2.19. The number of hydrogen-bond acceptors (Lipinski definition) is 3. The third-order valence-electron chi connectivity index (χ3n) is 2.15. The number of para-hydroxylation sites is 1. The topological polar surface area (TPSA) is 41.6 Å². The van der Waals surface area contributed by atoms with Crippen LogP contribution >= 0.6 is 0 Å². The molecule has 0 atom stereocenters. The molecular formula is C15H20N2O2. The summed E-state index contributed by atoms with van der Waals surface area (Å²) in [7, 11) is 3.87. The van der Waals surface area contributed by atoms with Crippen molar-refractivity contribution in [3.63, 3.8) is 0 Å². The lowest BCUT2D eigenvalue weighted by atomic mass is 10.1. The fourth-order valence-electron chi connectivity index (χ4n) is 1.33. The minimum Gasteiger partial charge on any atom is -0.430 e. The van der Waals surface area contributed by atoms with E-state index in [1.807, 2.05) is 37.2 Å². The van der Waals surface area contributed by atoms with Gasteiger partial charge in [-0.2, -0.15) is 0 Å². The van der Waals surface area contributed by atoms with Crippen molar-refractivity contribution in [3.05, 3.63) is 30.3 Å². The van der Waals surface area contributed by atoms with Gasteiger partial charge in [-0.3, -0.25) is 10.2 Å². The molecule has 0 radical (unpaired) electrons. The van der Waals surface area contributed by atoms with Crippen LogP contribution in [0.25, 0.3) is 0 Å². The minimum atomic E-state index is -0.811. The first-order chi connectivity index (χ1) is 8.89. The molecule has 0 saturated carbocycles. The number of carbonyl (C=O) groups is 1. The van der Waals surface area contributed by atoms with Crippen LogP contribution in [0.15, 0.2) is 30.3 Å². The summed E-state index contributed by atoms with van der Waals surface area (Å²) in [5.74, 6) is 5.90. The number of ether oxygens (including phenoxy) is 1. The van der Waals surface area contributed by atoms with E-state index in [0.717, 1.165) is 0 Å². The summed E-state index contributed by atoms with van der Waals surface area (Å²) in [6.45, 7) is 4.16. The predicted molar refractivity (Wildman–Crippen MR) is 77.0 cm³/mol. The van der Waals surface area contributed by atoms with E-state index in [-0.39, 0.29) is 0 Å². The van der Waals surface area contributed by atoms with Crippen molar-refractivity contribution in [2.24, 2.45) is 0 Å². The van der Waals surface area contributed by atoms with Gasteiger partial charge in [-0.25, -0.2) is 4.79 Å². The molecule has 1 aromatic rings. The molecule has 1 N–H and O–H groups in total. The molecule has 0 bridgehead atoms. The van der Waals surface area contributed by atoms with Crippen molar-refractivity contribution < 1.29 is 9.53 Å². The first-order valence-corrected chi connectivity index (χ1v) is 6.09. The van der Waals surface area contributed by atoms with Crippen molar-refractivity contribution in [1.29, 1.82) is 0 Å². The molecule has 102 valence electrons. The van der Waals surface area contributed by atoms with E-state index in [9.17, 15) is 4.79 Å². The van der Waals surface area contributed by atoms with Crippen LogP contribution in [0.2, 0.25) is 0 Å². The summed E-state index contributed by atoms with van der Waals surface area (Å²) in [6.07, 6.45) is -0.504. The van der Waals surface area contributed by atoms with Gasteiger partial charge in [-0.1, -0.05) is 30.0 Å². The largest absolute Gasteiger partial charge is 0.430 e. The normalized spacial score (nSPS) is 10.6. The van der Waals surface area contributed by atoms with E-state index >= 15 is 0 Å². The van der Waals surface area contributed by atoms with Gasteiger partial charge in [-0.15, -0.1) is 0 Å². The number of anilines is 1. The van der Waals surface area contributed by atoms with Gasteiger partial charge < -0.3 is 4.74 Å². The second-order valence-electron chi connectivity index (χ2n) is 4.93. The highest BCUT2D eigenvalue weighted by atomic mass is 16.6. The Labute approximate surface area is 114 Å². The van der Waals surface area contributed by atoms with Crippen molar-refractivity contribution in [2.75, 3.05) is 26.0 Å². The Balaban J connectivity index is 2.52. The molecule has 4 heteroatoms. The van der Waals surface area contributed by atoms with E-state index in [4.69, 9.17) is 4.74 Å². The van der Waals surface area contributed by atoms with E-state index in [1.54, 1.807) is 26.0 Å². The molecule has 0 saturated heterocycles. The molecule has 1 aromatic carbocycles. The molecule has 4 nitrogen and oxygen atoms in total. The van der Waals surface area contributed by atoms with E-state index in [1.165, 1.54) is 0 Å². The zero-order valence-electron chi connectivity index (χ0n) is 11.9. The van der Waals surface area contributed by atoms with Crippen LogP contribution in [0.5, 0.6) is 0 Å². The molecule has 0 heterocycles. The first-order valence-electron chi connectivity index (χ1n) is 6.09. The molecule has 0 unspecified atom stereocenters. The Bertz CT molecular complexity index is 470. The van der Waals surface area contributed by atoms with Crippen molar-refractivity contribution in [1.82, 2.24) is 4.90 Å². The van der Waals surface area contributed by atoms with Crippen LogP contribution in [0.1, 0.15) is 13.8 Å². The van der Waals surface area contributed by atoms with Gasteiger partial charge in [0, 0.05) is 5.69 Å². The van der Waals surface area contributed by atoms with Crippen molar-refractivity contribution >= 4 is 11.8 Å². The highest BCUT2D eigenvalue weighted by Crippen LogP contribution is 2.11. The van der Waals surface area contributed by atoms with Gasteiger partial charge >= 0.3 is 6.09 Å². The molecule has 19 heavy (non-hydrogen) atoms. The lowest BCUT2D eigenvalue weighted by molar-refractivity contribution is 0.0904. The number of hydrogen-bond donors (Lipinski definition) is 1. The number of nitrogens with one attached hydrogen (secondary N) is 1. The van der Waals surface area contributed by atoms with E-state index in [2.05, 4.69) is 17.2 Å². The molecule has 0 aliphatic heterocycles. The zero-order valence-corrected chi connectivity index (χ0v) is 11.9. The van der Waals surface area contributed by atoms with Gasteiger partial charge in [-0.05, 0) is 40.1 Å². The third-order valence-corrected chi connectivity index (χ3v) is 2.15. The standard InChI is InChI=1S/C15H20N2O2/c1-15(2,11-8-12-17(3)4)19-14(18)16-13-9-6-5-7-10-13/h5-7,9-10H,12H2,1-4H3,(H,16,18). The van der Waals surface area contributed by atoms with E-state index in [0.29, 0.717) is 12.2 Å². The fourth-order valence-corrected chi connectivity index (χ4v) is 1.33. The van der Waals surface area contributed by atoms with E-state index < -0.39 is 11.7 Å². The minimum absolute atomic E-state index is 0.504. The number of rotatable bonds is 3. The third kappa shape index (κ3) is 6.49. The Kier molecular flexibility index (Phi) is 5.40. The van der Waals surface area contributed by atoms with Crippen molar-refractivity contribution in [2.45, 2.75) is 19.4 Å². The summed E-state index contributed by atoms with van der Waals surface area (Å²) >= 11 is 0. The summed E-state index contributed by atoms with van der Waals surface area (Å²) in [5.41, 5.74) is -0.112. The Morgan fingerprint density at radius 2 is 1.95 bits per heavy atom. The van der Waals surface area contributed by atoms with Gasteiger partial charge in [0.1, 0.15) is 0 Å². The predicted octanol–water partition coefficient (Wildman–Crippen LogP) is 2.58. The Morgan fingerprint density at radius 1 is 1.32 bits per heavy atom. The van der Waals surface area contributed by atoms with Gasteiger partial charge in [0.2, 0.25) is 0 Å². The second-order valence-corrected chi connectivity index (χ2v) is 4.93. The van der Waals surface area contributed by atoms with Crippen LogP contribution < -0.4 is 5.32 Å². The smallest absolute Gasteiger partial charge is 0.413 e. The van der Waals surface area contributed by atoms with Gasteiger partial charge in [0.15, 0.2) is 5.60 Å². The highest BCUT2D eigenvalue weighted by molar-refractivity contribution is 5.84. The van der Waals surface area contributed by atoms with Crippen LogP contribution in [0, 0.1) is 11.8 Å². The van der Waals surface area contributed by atoms with Crippen LogP contribution in [0.3, 0.4) is 0 Å². The molecule has 1 rings (SSSR count). The quantitative estimate of drug-likeness (QED) is 0.849. The summed E-state index contributed by atoms with van der Waals surface area (Å²) in [6, 6.07) is 9.17. The number of carbonyl (C=O) groups excluding carboxylic acids is 1. The van der Waals surface area contributed by atoms with Gasteiger partial charge in [0.05, 0.1) is 6.54 Å². The summed E-state index contributed by atoms with van der Waals surface area (Å²) < 4.78 is 5.28. The van der Waals surface area contributed by atoms with Crippen LogP contribution in [-0.2, 0) is 4.74 Å². The number of amides is 1. The zero-order chi connectivity index (χ0) is 14.3. The number of benzene rings is 1. The Hall–Kier alpha value is -1.99. The SMILES string of the molecule is CN(C)CC#CC(C)(C)OC(=O)Nc1ccccc1. The second kappa shape index (κ2) is 6.81. The molecule has 0 spiro atoms. The average molecular weight is 260 g/mol. The summed E-state index contributed by atoms with van der Waals surface area (Å²) in [4.78, 5) is 13.7. The lowest BCUT2D eigenvalue weighted by Crippen LogP contribution is -2.29. The molecule has 0 aliphatic rings. The fraction of sp³-hybridized carbons (Fsp3) is 0.400. The Morgan fingerprint density at radius 3 is 2.53 bits per heavy atom. The molecule has 1 amide bonds. The molecular weight excluding hydrogens is 240 g/mol. The van der Waals surface area contributed by atoms with Crippen LogP contribution in [-0.4, -0.2) is 37.2 Å². The lowest BCUT2D eigenvalue weighted by Gasteiger charge is -2.19. The molecule has 0 aliphatic carbocycles. The maximum atomic E-state index is 11.7. The maximum Gasteiger partial charge on any atom is 0.413 e. The van der Waals surface area contributed by atoms with Crippen molar-refractivity contribution in [3.8, 4) is 11.8 Å². The first kappa shape index (κ1) is 15.1. The monoisotopic (exact) mass is 260 g/mol. The molecule has 0 fully saturated rings. The number of nitrogens with zero attached hydrogens (tertiary/aromatic N) is 1. The van der Waals surface area contributed by atoms with Crippen LogP contribution in [0.4, 0.5) is 10.5 Å². The summed E-state index contributed by atoms with van der Waals surface area (Å²) in [5, 5.41) is 2.66. The maximum absolute atomic E-state index is 11.7. The molecule has 0 aromatic heterocycles.